The Kier molecular flexibility index (Phi) is 3.54. The van der Waals surface area contributed by atoms with Crippen molar-refractivity contribution in [3.63, 3.8) is 0 Å². The first-order valence-electron chi connectivity index (χ1n) is 6.81. The lowest BCUT2D eigenvalue weighted by Gasteiger charge is -2.47. The van der Waals surface area contributed by atoms with E-state index in [9.17, 15) is 9.90 Å². The molecule has 1 aliphatic carbocycles. The van der Waals surface area contributed by atoms with E-state index in [1.165, 1.54) is 19.3 Å². The standard InChI is InChI=1S/C15H18O3S/c16-14(17)12-4-1-2-5-13(12)19-11-6-9-18-15(10-11)7-3-8-15/h1-2,4-5,11H,3,6-10H2,(H,16,17). The van der Waals surface area contributed by atoms with Crippen molar-refractivity contribution in [3.05, 3.63) is 29.8 Å². The molecular formula is C15H18O3S. The molecule has 3 rings (SSSR count). The predicted molar refractivity (Wildman–Crippen MR) is 74.8 cm³/mol. The second kappa shape index (κ2) is 5.17. The lowest BCUT2D eigenvalue weighted by atomic mass is 9.75. The summed E-state index contributed by atoms with van der Waals surface area (Å²) in [5.74, 6) is -0.839. The van der Waals surface area contributed by atoms with Crippen LogP contribution in [-0.4, -0.2) is 28.5 Å². The molecule has 0 radical (unpaired) electrons. The average molecular weight is 278 g/mol. The highest BCUT2D eigenvalue weighted by atomic mass is 32.2. The van der Waals surface area contributed by atoms with Gasteiger partial charge in [-0.05, 0) is 44.2 Å². The quantitative estimate of drug-likeness (QED) is 0.918. The number of benzene rings is 1. The second-order valence-electron chi connectivity index (χ2n) is 5.42. The number of rotatable bonds is 3. The molecule has 3 nitrogen and oxygen atoms in total. The van der Waals surface area contributed by atoms with Gasteiger partial charge in [-0.15, -0.1) is 11.8 Å². The molecule has 1 saturated heterocycles. The molecule has 19 heavy (non-hydrogen) atoms. The van der Waals surface area contributed by atoms with Gasteiger partial charge in [0, 0.05) is 16.8 Å². The smallest absolute Gasteiger partial charge is 0.336 e. The van der Waals surface area contributed by atoms with Crippen molar-refractivity contribution >= 4 is 17.7 Å². The molecular weight excluding hydrogens is 260 g/mol. The summed E-state index contributed by atoms with van der Waals surface area (Å²) in [6.45, 7) is 0.812. The first-order valence-corrected chi connectivity index (χ1v) is 7.69. The average Bonchev–Trinajstić information content (AvgIpc) is 2.37. The Morgan fingerprint density at radius 3 is 2.84 bits per heavy atom. The van der Waals surface area contributed by atoms with Gasteiger partial charge in [0.1, 0.15) is 0 Å². The zero-order chi connectivity index (χ0) is 13.3. The maximum absolute atomic E-state index is 11.2. The third-order valence-corrected chi connectivity index (χ3v) is 5.47. The lowest BCUT2D eigenvalue weighted by molar-refractivity contribution is -0.125. The van der Waals surface area contributed by atoms with Gasteiger partial charge in [-0.2, -0.15) is 0 Å². The number of carbonyl (C=O) groups is 1. The molecule has 0 bridgehead atoms. The number of carboxylic acids is 1. The Labute approximate surface area is 117 Å². The van der Waals surface area contributed by atoms with Gasteiger partial charge in [0.05, 0.1) is 11.2 Å². The summed E-state index contributed by atoms with van der Waals surface area (Å²) in [5, 5.41) is 9.70. The molecule has 2 aliphatic rings. The molecule has 1 heterocycles. The maximum atomic E-state index is 11.2. The minimum Gasteiger partial charge on any atom is -0.478 e. The summed E-state index contributed by atoms with van der Waals surface area (Å²) in [7, 11) is 0. The summed E-state index contributed by atoms with van der Waals surface area (Å²) in [6.07, 6.45) is 5.68. The molecule has 1 atom stereocenters. The van der Waals surface area contributed by atoms with Gasteiger partial charge < -0.3 is 9.84 Å². The Bertz CT molecular complexity index is 482. The molecule has 1 spiro atoms. The van der Waals surface area contributed by atoms with E-state index in [4.69, 9.17) is 4.74 Å². The fourth-order valence-electron chi connectivity index (χ4n) is 2.93. The second-order valence-corrected chi connectivity index (χ2v) is 6.76. The number of hydrogen-bond donors (Lipinski definition) is 1. The van der Waals surface area contributed by atoms with E-state index >= 15 is 0 Å². The fraction of sp³-hybridized carbons (Fsp3) is 0.533. The van der Waals surface area contributed by atoms with Gasteiger partial charge >= 0.3 is 5.97 Å². The molecule has 4 heteroatoms. The summed E-state index contributed by atoms with van der Waals surface area (Å²) >= 11 is 1.71. The summed E-state index contributed by atoms with van der Waals surface area (Å²) in [5.41, 5.74) is 0.537. The summed E-state index contributed by atoms with van der Waals surface area (Å²) in [4.78, 5) is 12.1. The van der Waals surface area contributed by atoms with Gasteiger partial charge in [0.25, 0.3) is 0 Å². The van der Waals surface area contributed by atoms with Crippen LogP contribution in [0.15, 0.2) is 29.2 Å². The minimum absolute atomic E-state index is 0.119. The van der Waals surface area contributed by atoms with Gasteiger partial charge in [0.15, 0.2) is 0 Å². The van der Waals surface area contributed by atoms with E-state index in [0.29, 0.717) is 10.8 Å². The molecule has 1 N–H and O–H groups in total. The Morgan fingerprint density at radius 1 is 1.37 bits per heavy atom. The van der Waals surface area contributed by atoms with Crippen LogP contribution < -0.4 is 0 Å². The molecule has 1 aliphatic heterocycles. The Balaban J connectivity index is 1.72. The molecule has 1 saturated carbocycles. The monoisotopic (exact) mass is 278 g/mol. The zero-order valence-electron chi connectivity index (χ0n) is 10.8. The van der Waals surface area contributed by atoms with Crippen molar-refractivity contribution in [1.29, 1.82) is 0 Å². The van der Waals surface area contributed by atoms with E-state index in [-0.39, 0.29) is 5.60 Å². The Morgan fingerprint density at radius 2 is 2.16 bits per heavy atom. The van der Waals surface area contributed by atoms with Gasteiger partial charge in [-0.3, -0.25) is 0 Å². The zero-order valence-corrected chi connectivity index (χ0v) is 11.6. The minimum atomic E-state index is -0.839. The number of hydrogen-bond acceptors (Lipinski definition) is 3. The van der Waals surface area contributed by atoms with Crippen LogP contribution in [0.5, 0.6) is 0 Å². The molecule has 1 aromatic rings. The van der Waals surface area contributed by atoms with E-state index in [2.05, 4.69) is 0 Å². The number of thioether (sulfide) groups is 1. The number of ether oxygens (including phenoxy) is 1. The van der Waals surface area contributed by atoms with Crippen LogP contribution in [0.1, 0.15) is 42.5 Å². The maximum Gasteiger partial charge on any atom is 0.336 e. The van der Waals surface area contributed by atoms with Crippen LogP contribution in [0.3, 0.4) is 0 Å². The van der Waals surface area contributed by atoms with E-state index in [1.807, 2.05) is 12.1 Å². The van der Waals surface area contributed by atoms with Crippen LogP contribution in [0, 0.1) is 0 Å². The Hall–Kier alpha value is -1.00. The van der Waals surface area contributed by atoms with E-state index in [1.54, 1.807) is 23.9 Å². The molecule has 0 amide bonds. The first-order chi connectivity index (χ1) is 9.19. The SMILES string of the molecule is O=C(O)c1ccccc1SC1CCOC2(CCC2)C1. The number of aromatic carboxylic acids is 1. The van der Waals surface area contributed by atoms with Crippen molar-refractivity contribution in [1.82, 2.24) is 0 Å². The van der Waals surface area contributed by atoms with Crippen molar-refractivity contribution < 1.29 is 14.6 Å². The van der Waals surface area contributed by atoms with Crippen molar-refractivity contribution in [2.75, 3.05) is 6.61 Å². The molecule has 102 valence electrons. The van der Waals surface area contributed by atoms with Crippen molar-refractivity contribution in [2.45, 2.75) is 47.9 Å². The van der Waals surface area contributed by atoms with Gasteiger partial charge in [-0.1, -0.05) is 12.1 Å². The molecule has 1 aromatic carbocycles. The topological polar surface area (TPSA) is 46.5 Å². The van der Waals surface area contributed by atoms with Crippen molar-refractivity contribution in [2.24, 2.45) is 0 Å². The van der Waals surface area contributed by atoms with Crippen LogP contribution in [0.25, 0.3) is 0 Å². The van der Waals surface area contributed by atoms with Crippen LogP contribution in [-0.2, 0) is 4.74 Å². The highest BCUT2D eigenvalue weighted by Gasteiger charge is 2.42. The van der Waals surface area contributed by atoms with Gasteiger partial charge in [0.2, 0.25) is 0 Å². The van der Waals surface area contributed by atoms with E-state index in [0.717, 1.165) is 24.3 Å². The largest absolute Gasteiger partial charge is 0.478 e. The molecule has 2 fully saturated rings. The number of carboxylic acid groups (broad SMARTS) is 1. The summed E-state index contributed by atoms with van der Waals surface area (Å²) < 4.78 is 5.92. The predicted octanol–water partition coefficient (Wildman–Crippen LogP) is 3.58. The molecule has 0 aromatic heterocycles. The lowest BCUT2D eigenvalue weighted by Crippen LogP contribution is -2.46. The van der Waals surface area contributed by atoms with Crippen molar-refractivity contribution in [3.8, 4) is 0 Å². The van der Waals surface area contributed by atoms with Crippen LogP contribution >= 0.6 is 11.8 Å². The fourth-order valence-corrected chi connectivity index (χ4v) is 4.33. The normalized spacial score (nSPS) is 24.9. The highest BCUT2D eigenvalue weighted by molar-refractivity contribution is 8.00. The van der Waals surface area contributed by atoms with E-state index < -0.39 is 5.97 Å². The summed E-state index contributed by atoms with van der Waals surface area (Å²) in [6, 6.07) is 7.29. The highest BCUT2D eigenvalue weighted by Crippen LogP contribution is 2.46. The van der Waals surface area contributed by atoms with Gasteiger partial charge in [-0.25, -0.2) is 4.79 Å². The third-order valence-electron chi connectivity index (χ3n) is 4.12. The van der Waals surface area contributed by atoms with Crippen LogP contribution in [0.2, 0.25) is 0 Å². The molecule has 1 unspecified atom stereocenters. The third kappa shape index (κ3) is 2.65. The van der Waals surface area contributed by atoms with Crippen LogP contribution in [0.4, 0.5) is 0 Å². The first kappa shape index (κ1) is 13.0.